The second kappa shape index (κ2) is 7.60. The van der Waals surface area contributed by atoms with Crippen LogP contribution in [-0.2, 0) is 16.1 Å². The van der Waals surface area contributed by atoms with Crippen molar-refractivity contribution in [3.8, 4) is 0 Å². The van der Waals surface area contributed by atoms with E-state index in [4.69, 9.17) is 11.6 Å². The molecule has 4 nitrogen and oxygen atoms in total. The van der Waals surface area contributed by atoms with Gasteiger partial charge in [0, 0.05) is 20.8 Å². The smallest absolute Gasteiger partial charge is 0.313 e. The molecule has 0 heterocycles. The fraction of sp³-hybridized carbons (Fsp3) is 0.125. The number of amides is 2. The largest absolute Gasteiger partial charge is 0.344 e. The number of aryl methyl sites for hydroxylation is 1. The first-order chi connectivity index (χ1) is 10.5. The summed E-state index contributed by atoms with van der Waals surface area (Å²) in [6.45, 7) is 2.08. The van der Waals surface area contributed by atoms with Crippen LogP contribution in [0.4, 0.5) is 5.69 Å². The van der Waals surface area contributed by atoms with E-state index >= 15 is 0 Å². The number of hydrogen-bond donors (Lipinski definition) is 2. The molecule has 6 heteroatoms. The predicted molar refractivity (Wildman–Crippen MR) is 95.8 cm³/mol. The fourth-order valence-electron chi connectivity index (χ4n) is 1.84. The summed E-state index contributed by atoms with van der Waals surface area (Å²) in [5.41, 5.74) is 2.29. The van der Waals surface area contributed by atoms with Crippen LogP contribution in [0.2, 0.25) is 5.02 Å². The molecule has 2 N–H and O–H groups in total. The Balaban J connectivity index is 1.95. The van der Waals surface area contributed by atoms with E-state index in [1.807, 2.05) is 25.1 Å². The zero-order valence-electron chi connectivity index (χ0n) is 11.8. The van der Waals surface area contributed by atoms with E-state index in [-0.39, 0.29) is 6.54 Å². The van der Waals surface area contributed by atoms with Gasteiger partial charge in [0.25, 0.3) is 0 Å². The molecule has 0 fully saturated rings. The van der Waals surface area contributed by atoms with E-state index in [0.717, 1.165) is 14.7 Å². The molecular weight excluding hydrogens is 415 g/mol. The fourth-order valence-corrected chi connectivity index (χ4v) is 2.69. The van der Waals surface area contributed by atoms with Gasteiger partial charge in [-0.1, -0.05) is 29.8 Å². The molecule has 2 amide bonds. The molecule has 0 aliphatic rings. The molecule has 0 atom stereocenters. The van der Waals surface area contributed by atoms with Gasteiger partial charge in [-0.3, -0.25) is 9.59 Å². The average molecular weight is 429 g/mol. The van der Waals surface area contributed by atoms with Gasteiger partial charge >= 0.3 is 11.8 Å². The summed E-state index contributed by atoms with van der Waals surface area (Å²) < 4.78 is 1.07. The van der Waals surface area contributed by atoms with Crippen LogP contribution in [0.3, 0.4) is 0 Å². The minimum atomic E-state index is -0.698. The highest BCUT2D eigenvalue weighted by molar-refractivity contribution is 14.1. The highest BCUT2D eigenvalue weighted by Crippen LogP contribution is 2.17. The number of nitrogens with one attached hydrogen (secondary N) is 2. The summed E-state index contributed by atoms with van der Waals surface area (Å²) in [5.74, 6) is -1.39. The van der Waals surface area contributed by atoms with E-state index in [1.54, 1.807) is 24.3 Å². The first kappa shape index (κ1) is 16.8. The maximum atomic E-state index is 11.9. The number of anilines is 1. The first-order valence-electron chi connectivity index (χ1n) is 6.56. The zero-order valence-corrected chi connectivity index (χ0v) is 14.7. The van der Waals surface area contributed by atoms with Gasteiger partial charge in [-0.2, -0.15) is 0 Å². The Kier molecular flexibility index (Phi) is 5.79. The Morgan fingerprint density at radius 1 is 1.14 bits per heavy atom. The molecule has 2 rings (SSSR count). The average Bonchev–Trinajstić information content (AvgIpc) is 2.49. The summed E-state index contributed by atoms with van der Waals surface area (Å²) in [6, 6.07) is 12.7. The Hall–Kier alpha value is -1.60. The van der Waals surface area contributed by atoms with Crippen molar-refractivity contribution in [2.75, 3.05) is 5.32 Å². The SMILES string of the molecule is Cc1cc(I)ccc1NC(=O)C(=O)NCc1ccccc1Cl. The summed E-state index contributed by atoms with van der Waals surface area (Å²) in [7, 11) is 0. The van der Waals surface area contributed by atoms with Crippen molar-refractivity contribution < 1.29 is 9.59 Å². The molecule has 0 aliphatic carbocycles. The van der Waals surface area contributed by atoms with Crippen LogP contribution in [0.15, 0.2) is 42.5 Å². The van der Waals surface area contributed by atoms with Gasteiger partial charge in [0.1, 0.15) is 0 Å². The summed E-state index contributed by atoms with van der Waals surface area (Å²) in [4.78, 5) is 23.7. The molecule has 2 aromatic rings. The van der Waals surface area contributed by atoms with E-state index < -0.39 is 11.8 Å². The molecule has 0 radical (unpaired) electrons. The third-order valence-electron chi connectivity index (χ3n) is 3.04. The highest BCUT2D eigenvalue weighted by atomic mass is 127. The minimum Gasteiger partial charge on any atom is -0.344 e. The van der Waals surface area contributed by atoms with Crippen LogP contribution in [0.1, 0.15) is 11.1 Å². The van der Waals surface area contributed by atoms with Gasteiger partial charge in [0.05, 0.1) is 0 Å². The molecule has 0 saturated carbocycles. The summed E-state index contributed by atoms with van der Waals surface area (Å²) >= 11 is 8.19. The Labute approximate surface area is 147 Å². The monoisotopic (exact) mass is 428 g/mol. The van der Waals surface area contributed by atoms with Gasteiger partial charge in [-0.25, -0.2) is 0 Å². The Morgan fingerprint density at radius 3 is 2.55 bits per heavy atom. The maximum Gasteiger partial charge on any atom is 0.313 e. The molecule has 0 unspecified atom stereocenters. The molecule has 0 aliphatic heterocycles. The molecular formula is C16H14ClIN2O2. The number of hydrogen-bond acceptors (Lipinski definition) is 2. The van der Waals surface area contributed by atoms with E-state index in [9.17, 15) is 9.59 Å². The van der Waals surface area contributed by atoms with Gasteiger partial charge in [0.15, 0.2) is 0 Å². The van der Waals surface area contributed by atoms with Gasteiger partial charge in [-0.05, 0) is 64.9 Å². The Bertz CT molecular complexity index is 719. The maximum absolute atomic E-state index is 11.9. The van der Waals surface area contributed by atoms with Gasteiger partial charge in [-0.15, -0.1) is 0 Å². The number of rotatable bonds is 3. The van der Waals surface area contributed by atoms with Gasteiger partial charge in [0.2, 0.25) is 0 Å². The number of carbonyl (C=O) groups is 2. The Morgan fingerprint density at radius 2 is 1.86 bits per heavy atom. The standard InChI is InChI=1S/C16H14ClIN2O2/c1-10-8-12(18)6-7-14(10)20-16(22)15(21)19-9-11-4-2-3-5-13(11)17/h2-8H,9H2,1H3,(H,19,21)(H,20,22). The lowest BCUT2D eigenvalue weighted by Gasteiger charge is -2.09. The number of carbonyl (C=O) groups excluding carboxylic acids is 2. The van der Waals surface area contributed by atoms with Crippen molar-refractivity contribution in [3.63, 3.8) is 0 Å². The molecule has 22 heavy (non-hydrogen) atoms. The van der Waals surface area contributed by atoms with Crippen molar-refractivity contribution in [3.05, 3.63) is 62.2 Å². The quantitative estimate of drug-likeness (QED) is 0.581. The topological polar surface area (TPSA) is 58.2 Å². The van der Waals surface area contributed by atoms with Gasteiger partial charge < -0.3 is 10.6 Å². The highest BCUT2D eigenvalue weighted by Gasteiger charge is 2.14. The predicted octanol–water partition coefficient (Wildman–Crippen LogP) is 3.51. The van der Waals surface area contributed by atoms with Crippen LogP contribution in [0.5, 0.6) is 0 Å². The lowest BCUT2D eigenvalue weighted by molar-refractivity contribution is -0.136. The normalized spacial score (nSPS) is 10.1. The third kappa shape index (κ3) is 4.45. The molecule has 0 spiro atoms. The van der Waals surface area contributed by atoms with Crippen molar-refractivity contribution in [1.29, 1.82) is 0 Å². The van der Waals surface area contributed by atoms with Crippen LogP contribution in [0.25, 0.3) is 0 Å². The third-order valence-corrected chi connectivity index (χ3v) is 4.08. The van der Waals surface area contributed by atoms with Crippen molar-refractivity contribution in [2.24, 2.45) is 0 Å². The second-order valence-electron chi connectivity index (χ2n) is 4.69. The molecule has 0 aromatic heterocycles. The molecule has 2 aromatic carbocycles. The van der Waals surface area contributed by atoms with E-state index in [1.165, 1.54) is 0 Å². The summed E-state index contributed by atoms with van der Waals surface area (Å²) in [6.07, 6.45) is 0. The van der Waals surface area contributed by atoms with Crippen molar-refractivity contribution >= 4 is 51.7 Å². The molecule has 0 saturated heterocycles. The van der Waals surface area contributed by atoms with E-state index in [2.05, 4.69) is 33.2 Å². The first-order valence-corrected chi connectivity index (χ1v) is 8.02. The number of halogens is 2. The second-order valence-corrected chi connectivity index (χ2v) is 6.34. The van der Waals surface area contributed by atoms with Crippen molar-refractivity contribution in [1.82, 2.24) is 5.32 Å². The van der Waals surface area contributed by atoms with E-state index in [0.29, 0.717) is 10.7 Å². The van der Waals surface area contributed by atoms with Crippen molar-refractivity contribution in [2.45, 2.75) is 13.5 Å². The number of benzene rings is 2. The minimum absolute atomic E-state index is 0.206. The van der Waals surface area contributed by atoms with Crippen LogP contribution in [0, 0.1) is 10.5 Å². The van der Waals surface area contributed by atoms with Crippen LogP contribution >= 0.6 is 34.2 Å². The van der Waals surface area contributed by atoms with Crippen LogP contribution in [-0.4, -0.2) is 11.8 Å². The summed E-state index contributed by atoms with van der Waals surface area (Å²) in [5, 5.41) is 5.71. The lowest BCUT2D eigenvalue weighted by Crippen LogP contribution is -2.35. The van der Waals surface area contributed by atoms with Crippen LogP contribution < -0.4 is 10.6 Å². The lowest BCUT2D eigenvalue weighted by atomic mass is 10.2. The molecule has 0 bridgehead atoms. The zero-order chi connectivity index (χ0) is 16.1. The molecule has 114 valence electrons.